The SMILES string of the molecule is CCC(C)(C(=O)Cc1cccc(F)c1F)N1CCCC1. The summed E-state index contributed by atoms with van der Waals surface area (Å²) in [6.07, 6.45) is 2.82. The highest BCUT2D eigenvalue weighted by Crippen LogP contribution is 2.27. The molecule has 0 bridgehead atoms. The van der Waals surface area contributed by atoms with Crippen LogP contribution in [-0.4, -0.2) is 29.3 Å². The fourth-order valence-electron chi connectivity index (χ4n) is 2.86. The third-order valence-corrected chi connectivity index (χ3v) is 4.48. The monoisotopic (exact) mass is 281 g/mol. The second kappa shape index (κ2) is 6.00. The Bertz CT molecular complexity index is 497. The van der Waals surface area contributed by atoms with Crippen molar-refractivity contribution in [2.24, 2.45) is 0 Å². The fraction of sp³-hybridized carbons (Fsp3) is 0.562. The Kier molecular flexibility index (Phi) is 4.53. The van der Waals surface area contributed by atoms with Gasteiger partial charge in [0.1, 0.15) is 0 Å². The van der Waals surface area contributed by atoms with E-state index in [1.165, 1.54) is 12.1 Å². The predicted molar refractivity (Wildman–Crippen MR) is 74.6 cm³/mol. The maximum atomic E-state index is 13.7. The van der Waals surface area contributed by atoms with Crippen LogP contribution in [-0.2, 0) is 11.2 Å². The lowest BCUT2D eigenvalue weighted by Gasteiger charge is -2.36. The highest BCUT2D eigenvalue weighted by atomic mass is 19.2. The van der Waals surface area contributed by atoms with Gasteiger partial charge < -0.3 is 0 Å². The van der Waals surface area contributed by atoms with Crippen LogP contribution in [0.15, 0.2) is 18.2 Å². The van der Waals surface area contributed by atoms with E-state index in [0.717, 1.165) is 32.0 Å². The zero-order chi connectivity index (χ0) is 14.8. The summed E-state index contributed by atoms with van der Waals surface area (Å²) in [6, 6.07) is 4.00. The molecule has 2 nitrogen and oxygen atoms in total. The number of ketones is 1. The third kappa shape index (κ3) is 2.75. The first-order valence-electron chi connectivity index (χ1n) is 7.20. The quantitative estimate of drug-likeness (QED) is 0.825. The first-order chi connectivity index (χ1) is 9.49. The Morgan fingerprint density at radius 1 is 1.30 bits per heavy atom. The van der Waals surface area contributed by atoms with Crippen LogP contribution in [0.25, 0.3) is 0 Å². The van der Waals surface area contributed by atoms with E-state index in [2.05, 4.69) is 4.90 Å². The van der Waals surface area contributed by atoms with Crippen molar-refractivity contribution in [1.82, 2.24) is 4.90 Å². The Morgan fingerprint density at radius 2 is 1.95 bits per heavy atom. The van der Waals surface area contributed by atoms with Gasteiger partial charge in [-0.15, -0.1) is 0 Å². The van der Waals surface area contributed by atoms with Gasteiger partial charge in [0.15, 0.2) is 17.4 Å². The van der Waals surface area contributed by atoms with Crippen LogP contribution in [0.1, 0.15) is 38.7 Å². The van der Waals surface area contributed by atoms with Gasteiger partial charge in [0.25, 0.3) is 0 Å². The van der Waals surface area contributed by atoms with Gasteiger partial charge in [-0.2, -0.15) is 0 Å². The fourth-order valence-corrected chi connectivity index (χ4v) is 2.86. The van der Waals surface area contributed by atoms with Crippen molar-refractivity contribution >= 4 is 5.78 Å². The van der Waals surface area contributed by atoms with E-state index < -0.39 is 17.2 Å². The van der Waals surface area contributed by atoms with Gasteiger partial charge in [-0.3, -0.25) is 9.69 Å². The lowest BCUT2D eigenvalue weighted by atomic mass is 9.87. The Balaban J connectivity index is 2.19. The van der Waals surface area contributed by atoms with Crippen LogP contribution in [0.5, 0.6) is 0 Å². The van der Waals surface area contributed by atoms with Gasteiger partial charge in [0.05, 0.1) is 5.54 Å². The molecule has 0 spiro atoms. The first-order valence-corrected chi connectivity index (χ1v) is 7.20. The van der Waals surface area contributed by atoms with E-state index in [9.17, 15) is 13.6 Å². The molecule has 4 heteroatoms. The number of likely N-dealkylation sites (tertiary alicyclic amines) is 1. The van der Waals surface area contributed by atoms with Gasteiger partial charge in [-0.05, 0) is 50.9 Å². The number of nitrogens with zero attached hydrogens (tertiary/aromatic N) is 1. The second-order valence-corrected chi connectivity index (χ2v) is 5.63. The molecule has 1 fully saturated rings. The molecule has 0 N–H and O–H groups in total. The lowest BCUT2D eigenvalue weighted by Crippen LogP contribution is -2.51. The highest BCUT2D eigenvalue weighted by molar-refractivity contribution is 5.89. The summed E-state index contributed by atoms with van der Waals surface area (Å²) < 4.78 is 26.9. The molecule has 1 aliphatic rings. The van der Waals surface area contributed by atoms with Crippen LogP contribution >= 0.6 is 0 Å². The average molecular weight is 281 g/mol. The molecule has 1 heterocycles. The number of carbonyl (C=O) groups excluding carboxylic acids is 1. The molecule has 1 aromatic carbocycles. The van der Waals surface area contributed by atoms with Crippen molar-refractivity contribution in [1.29, 1.82) is 0 Å². The van der Waals surface area contributed by atoms with E-state index in [0.29, 0.717) is 6.42 Å². The van der Waals surface area contributed by atoms with Gasteiger partial charge in [-0.25, -0.2) is 8.78 Å². The number of benzene rings is 1. The minimum absolute atomic E-state index is 0.0357. The van der Waals surface area contributed by atoms with Crippen molar-refractivity contribution < 1.29 is 13.6 Å². The van der Waals surface area contributed by atoms with Crippen molar-refractivity contribution in [3.8, 4) is 0 Å². The van der Waals surface area contributed by atoms with Crippen LogP contribution < -0.4 is 0 Å². The summed E-state index contributed by atoms with van der Waals surface area (Å²) in [5, 5.41) is 0. The number of Topliss-reactive ketones (excluding diaryl/α,β-unsaturated/α-hetero) is 1. The highest BCUT2D eigenvalue weighted by Gasteiger charge is 2.38. The largest absolute Gasteiger partial charge is 0.297 e. The van der Waals surface area contributed by atoms with E-state index >= 15 is 0 Å². The van der Waals surface area contributed by atoms with Crippen molar-refractivity contribution in [2.75, 3.05) is 13.1 Å². The van der Waals surface area contributed by atoms with Crippen LogP contribution in [0.2, 0.25) is 0 Å². The molecule has 1 atom stereocenters. The molecule has 0 aliphatic carbocycles. The van der Waals surface area contributed by atoms with E-state index in [4.69, 9.17) is 0 Å². The molecule has 1 unspecified atom stereocenters. The Labute approximate surface area is 118 Å². The number of rotatable bonds is 5. The van der Waals surface area contributed by atoms with E-state index in [1.807, 2.05) is 13.8 Å². The van der Waals surface area contributed by atoms with Crippen molar-refractivity contribution in [3.05, 3.63) is 35.4 Å². The third-order valence-electron chi connectivity index (χ3n) is 4.48. The summed E-state index contributed by atoms with van der Waals surface area (Å²) in [5.74, 6) is -1.83. The molecular weight excluding hydrogens is 260 g/mol. The van der Waals surface area contributed by atoms with Gasteiger partial charge in [0, 0.05) is 6.42 Å². The minimum atomic E-state index is -0.902. The number of hydrogen-bond acceptors (Lipinski definition) is 2. The lowest BCUT2D eigenvalue weighted by molar-refractivity contribution is -0.129. The summed E-state index contributed by atoms with van der Waals surface area (Å²) >= 11 is 0. The zero-order valence-electron chi connectivity index (χ0n) is 12.1. The Hall–Kier alpha value is -1.29. The van der Waals surface area contributed by atoms with Crippen LogP contribution in [0.3, 0.4) is 0 Å². The molecule has 0 aromatic heterocycles. The van der Waals surface area contributed by atoms with Gasteiger partial charge >= 0.3 is 0 Å². The Morgan fingerprint density at radius 3 is 2.55 bits per heavy atom. The predicted octanol–water partition coefficient (Wildman–Crippen LogP) is 3.34. The number of hydrogen-bond donors (Lipinski definition) is 0. The van der Waals surface area contributed by atoms with Crippen molar-refractivity contribution in [3.63, 3.8) is 0 Å². The summed E-state index contributed by atoms with van der Waals surface area (Å²) in [5.41, 5.74) is -0.427. The van der Waals surface area contributed by atoms with Gasteiger partial charge in [0.2, 0.25) is 0 Å². The molecule has 0 amide bonds. The molecule has 1 aromatic rings. The van der Waals surface area contributed by atoms with E-state index in [-0.39, 0.29) is 17.8 Å². The second-order valence-electron chi connectivity index (χ2n) is 5.63. The normalized spacial score (nSPS) is 19.0. The summed E-state index contributed by atoms with van der Waals surface area (Å²) in [6.45, 7) is 5.69. The summed E-state index contributed by atoms with van der Waals surface area (Å²) in [4.78, 5) is 14.8. The van der Waals surface area contributed by atoms with Crippen LogP contribution in [0, 0.1) is 11.6 Å². The molecule has 1 aliphatic heterocycles. The smallest absolute Gasteiger partial charge is 0.162 e. The molecule has 20 heavy (non-hydrogen) atoms. The first kappa shape index (κ1) is 15.1. The molecule has 0 saturated carbocycles. The van der Waals surface area contributed by atoms with Crippen LogP contribution in [0.4, 0.5) is 8.78 Å². The molecule has 110 valence electrons. The topological polar surface area (TPSA) is 20.3 Å². The summed E-state index contributed by atoms with van der Waals surface area (Å²) in [7, 11) is 0. The van der Waals surface area contributed by atoms with Crippen molar-refractivity contribution in [2.45, 2.75) is 45.1 Å². The maximum Gasteiger partial charge on any atom is 0.162 e. The number of halogens is 2. The van der Waals surface area contributed by atoms with Gasteiger partial charge in [-0.1, -0.05) is 19.1 Å². The minimum Gasteiger partial charge on any atom is -0.297 e. The maximum absolute atomic E-state index is 13.7. The molecule has 1 saturated heterocycles. The van der Waals surface area contributed by atoms with E-state index in [1.54, 1.807) is 0 Å². The molecule has 2 rings (SSSR count). The zero-order valence-corrected chi connectivity index (χ0v) is 12.1. The average Bonchev–Trinajstić information content (AvgIpc) is 2.97. The number of carbonyl (C=O) groups is 1. The molecular formula is C16H21F2NO. The standard InChI is InChI=1S/C16H21F2NO/c1-3-16(2,19-9-4-5-10-19)14(20)11-12-7-6-8-13(17)15(12)18/h6-8H,3-5,9-11H2,1-2H3. The molecule has 0 radical (unpaired) electrons.